The van der Waals surface area contributed by atoms with Crippen LogP contribution in [-0.2, 0) is 9.84 Å². The van der Waals surface area contributed by atoms with Gasteiger partial charge in [-0.2, -0.15) is 0 Å². The molecule has 0 spiro atoms. The Morgan fingerprint density at radius 2 is 1.36 bits per heavy atom. The van der Waals surface area contributed by atoms with Gasteiger partial charge < -0.3 is 4.74 Å². The van der Waals surface area contributed by atoms with Crippen LogP contribution in [0, 0.1) is 23.3 Å². The first-order valence-electron chi connectivity index (χ1n) is 5.62. The van der Waals surface area contributed by atoms with Gasteiger partial charge in [-0.1, -0.05) is 0 Å². The summed E-state index contributed by atoms with van der Waals surface area (Å²) in [6.45, 7) is 0. The number of rotatable bonds is 3. The van der Waals surface area contributed by atoms with Crippen molar-refractivity contribution in [3.63, 3.8) is 0 Å². The van der Waals surface area contributed by atoms with Gasteiger partial charge in [0.2, 0.25) is 9.84 Å². The SMILES string of the molecule is COc1ccc(S(=O)(=O)c2c(F)c(F)c(Br)c(F)c2F)cc1. The third-order valence-corrected chi connectivity index (χ3v) is 5.29. The van der Waals surface area contributed by atoms with Gasteiger partial charge in [0.15, 0.2) is 23.3 Å². The van der Waals surface area contributed by atoms with E-state index >= 15 is 0 Å². The molecule has 0 amide bonds. The van der Waals surface area contributed by atoms with Crippen molar-refractivity contribution in [2.45, 2.75) is 9.79 Å². The first-order valence-corrected chi connectivity index (χ1v) is 7.90. The minimum Gasteiger partial charge on any atom is -0.497 e. The van der Waals surface area contributed by atoms with E-state index in [-0.39, 0.29) is 0 Å². The van der Waals surface area contributed by atoms with E-state index in [9.17, 15) is 26.0 Å². The lowest BCUT2D eigenvalue weighted by Gasteiger charge is -2.10. The highest BCUT2D eigenvalue weighted by Gasteiger charge is 2.33. The lowest BCUT2D eigenvalue weighted by Crippen LogP contribution is -2.12. The monoisotopic (exact) mass is 398 g/mol. The van der Waals surface area contributed by atoms with Gasteiger partial charge in [0.05, 0.1) is 16.5 Å². The third-order valence-electron chi connectivity index (χ3n) is 2.81. The number of hydrogen-bond acceptors (Lipinski definition) is 3. The van der Waals surface area contributed by atoms with Gasteiger partial charge >= 0.3 is 0 Å². The molecule has 0 aliphatic heterocycles. The fourth-order valence-electron chi connectivity index (χ4n) is 1.69. The van der Waals surface area contributed by atoms with Crippen molar-refractivity contribution in [2.75, 3.05) is 7.11 Å². The van der Waals surface area contributed by atoms with E-state index in [2.05, 4.69) is 15.9 Å². The van der Waals surface area contributed by atoms with Crippen molar-refractivity contribution in [2.24, 2.45) is 0 Å². The summed E-state index contributed by atoms with van der Waals surface area (Å²) in [5.74, 6) is -7.35. The summed E-state index contributed by atoms with van der Waals surface area (Å²) in [5.41, 5.74) is 0. The minimum absolute atomic E-state index is 0.299. The predicted molar refractivity (Wildman–Crippen MR) is 72.4 cm³/mol. The Balaban J connectivity index is 2.73. The van der Waals surface area contributed by atoms with Gasteiger partial charge in [0.25, 0.3) is 0 Å². The largest absolute Gasteiger partial charge is 0.497 e. The fraction of sp³-hybridized carbons (Fsp3) is 0.0769. The molecule has 0 N–H and O–H groups in total. The Hall–Kier alpha value is -1.61. The lowest BCUT2D eigenvalue weighted by atomic mass is 10.3. The van der Waals surface area contributed by atoms with Crippen LogP contribution in [0.5, 0.6) is 5.75 Å². The van der Waals surface area contributed by atoms with Gasteiger partial charge in [-0.3, -0.25) is 0 Å². The molecule has 0 saturated carbocycles. The van der Waals surface area contributed by atoms with E-state index in [4.69, 9.17) is 4.74 Å². The second-order valence-corrected chi connectivity index (χ2v) is 6.76. The number of halogens is 5. The molecular formula is C13H7BrF4O3S. The van der Waals surface area contributed by atoms with Crippen LogP contribution in [0.2, 0.25) is 0 Å². The van der Waals surface area contributed by atoms with E-state index in [1.54, 1.807) is 0 Å². The number of benzene rings is 2. The summed E-state index contributed by atoms with van der Waals surface area (Å²) in [6.07, 6.45) is 0. The number of methoxy groups -OCH3 is 1. The molecule has 0 atom stereocenters. The molecule has 0 heterocycles. The second-order valence-electron chi connectivity index (χ2n) is 4.08. The minimum atomic E-state index is -4.79. The molecule has 0 unspecified atom stereocenters. The van der Waals surface area contributed by atoms with E-state index in [1.165, 1.54) is 19.2 Å². The molecule has 0 saturated heterocycles. The molecule has 0 radical (unpaired) electrons. The highest BCUT2D eigenvalue weighted by atomic mass is 79.9. The number of ether oxygens (including phenoxy) is 1. The molecule has 0 aliphatic carbocycles. The molecule has 0 aromatic heterocycles. The molecule has 2 aromatic carbocycles. The third kappa shape index (κ3) is 2.58. The highest BCUT2D eigenvalue weighted by molar-refractivity contribution is 9.10. The Kier molecular flexibility index (Phi) is 4.48. The summed E-state index contributed by atoms with van der Waals surface area (Å²) < 4.78 is 82.7. The predicted octanol–water partition coefficient (Wildman–Crippen LogP) is 3.85. The topological polar surface area (TPSA) is 43.4 Å². The smallest absolute Gasteiger partial charge is 0.212 e. The van der Waals surface area contributed by atoms with E-state index in [0.717, 1.165) is 12.1 Å². The van der Waals surface area contributed by atoms with Crippen LogP contribution < -0.4 is 4.74 Å². The zero-order valence-corrected chi connectivity index (χ0v) is 13.2. The molecule has 2 rings (SSSR count). The van der Waals surface area contributed by atoms with E-state index in [0.29, 0.717) is 5.75 Å². The maximum absolute atomic E-state index is 13.8. The van der Waals surface area contributed by atoms with Crippen LogP contribution in [0.25, 0.3) is 0 Å². The van der Waals surface area contributed by atoms with Gasteiger partial charge in [0, 0.05) is 0 Å². The van der Waals surface area contributed by atoms with Crippen molar-refractivity contribution in [3.05, 3.63) is 52.0 Å². The van der Waals surface area contributed by atoms with Crippen molar-refractivity contribution in [1.82, 2.24) is 0 Å². The van der Waals surface area contributed by atoms with Crippen LogP contribution in [0.15, 0.2) is 38.5 Å². The summed E-state index contributed by atoms with van der Waals surface area (Å²) in [6, 6.07) is 4.47. The average molecular weight is 399 g/mol. The standard InChI is InChI=1S/C13H7BrF4O3S/c1-21-6-2-4-7(5-3-6)22(19,20)13-11(17)9(15)8(14)10(16)12(13)18/h2-5H,1H3. The van der Waals surface area contributed by atoms with Crippen molar-refractivity contribution < 1.29 is 30.7 Å². The molecule has 3 nitrogen and oxygen atoms in total. The molecule has 0 bridgehead atoms. The maximum Gasteiger partial charge on any atom is 0.212 e. The van der Waals surface area contributed by atoms with Crippen LogP contribution in [0.3, 0.4) is 0 Å². The Bertz CT molecular complexity index is 806. The number of hydrogen-bond donors (Lipinski definition) is 0. The zero-order valence-electron chi connectivity index (χ0n) is 10.8. The van der Waals surface area contributed by atoms with Crippen LogP contribution in [0.1, 0.15) is 0 Å². The summed E-state index contributed by atoms with van der Waals surface area (Å²) in [7, 11) is -3.46. The first-order chi connectivity index (χ1) is 10.2. The average Bonchev–Trinajstić information content (AvgIpc) is 2.51. The second kappa shape index (κ2) is 5.88. The normalized spacial score (nSPS) is 11.5. The summed E-state index contributed by atoms with van der Waals surface area (Å²) in [5, 5.41) is 0. The van der Waals surface area contributed by atoms with E-state index in [1.807, 2.05) is 0 Å². The summed E-state index contributed by atoms with van der Waals surface area (Å²) in [4.78, 5) is -2.22. The summed E-state index contributed by atoms with van der Waals surface area (Å²) >= 11 is 2.32. The Labute approximate surface area is 131 Å². The van der Waals surface area contributed by atoms with Gasteiger partial charge in [-0.25, -0.2) is 26.0 Å². The molecule has 2 aromatic rings. The van der Waals surface area contributed by atoms with Gasteiger partial charge in [-0.05, 0) is 40.2 Å². The van der Waals surface area contributed by atoms with Crippen LogP contribution in [0.4, 0.5) is 17.6 Å². The molecule has 118 valence electrons. The van der Waals surface area contributed by atoms with Crippen molar-refractivity contribution >= 4 is 25.8 Å². The Morgan fingerprint density at radius 1 is 0.909 bits per heavy atom. The Morgan fingerprint density at radius 3 is 1.77 bits per heavy atom. The van der Waals surface area contributed by atoms with Crippen LogP contribution in [-0.4, -0.2) is 15.5 Å². The van der Waals surface area contributed by atoms with Gasteiger partial charge in [0.1, 0.15) is 10.6 Å². The van der Waals surface area contributed by atoms with Crippen molar-refractivity contribution in [1.29, 1.82) is 0 Å². The fourth-order valence-corrected chi connectivity index (χ4v) is 3.42. The number of sulfone groups is 1. The first kappa shape index (κ1) is 16.8. The van der Waals surface area contributed by atoms with Gasteiger partial charge in [-0.15, -0.1) is 0 Å². The zero-order chi connectivity index (χ0) is 16.7. The molecular weight excluding hydrogens is 392 g/mol. The quantitative estimate of drug-likeness (QED) is 0.448. The van der Waals surface area contributed by atoms with Crippen molar-refractivity contribution in [3.8, 4) is 5.75 Å². The highest BCUT2D eigenvalue weighted by Crippen LogP contribution is 2.34. The maximum atomic E-state index is 13.8. The molecule has 9 heteroatoms. The molecule has 22 heavy (non-hydrogen) atoms. The lowest BCUT2D eigenvalue weighted by molar-refractivity contribution is 0.412. The molecule has 0 fully saturated rings. The van der Waals surface area contributed by atoms with Crippen LogP contribution >= 0.6 is 15.9 Å². The molecule has 0 aliphatic rings. The van der Waals surface area contributed by atoms with E-state index < -0.39 is 47.4 Å².